The van der Waals surface area contributed by atoms with Gasteiger partial charge in [-0.1, -0.05) is 24.3 Å². The van der Waals surface area contributed by atoms with E-state index in [4.69, 9.17) is 9.84 Å². The highest BCUT2D eigenvalue weighted by atomic mass is 32.1. The van der Waals surface area contributed by atoms with Gasteiger partial charge in [-0.15, -0.1) is 11.3 Å². The molecule has 4 nitrogen and oxygen atoms in total. The molecule has 0 atom stereocenters. The minimum absolute atomic E-state index is 0.270. The summed E-state index contributed by atoms with van der Waals surface area (Å²) in [6.07, 6.45) is 0. The van der Waals surface area contributed by atoms with Crippen LogP contribution in [-0.2, 0) is 6.61 Å². The number of fused-ring (bicyclic) bond motifs is 1. The van der Waals surface area contributed by atoms with Crippen LogP contribution >= 0.6 is 11.3 Å². The van der Waals surface area contributed by atoms with Crippen LogP contribution in [0.15, 0.2) is 47.8 Å². The van der Waals surface area contributed by atoms with E-state index in [9.17, 15) is 4.79 Å². The summed E-state index contributed by atoms with van der Waals surface area (Å²) in [6, 6.07) is 13.3. The van der Waals surface area contributed by atoms with Gasteiger partial charge < -0.3 is 9.84 Å². The molecule has 0 bridgehead atoms. The number of carboxylic acids is 1. The molecule has 0 saturated heterocycles. The van der Waals surface area contributed by atoms with Crippen molar-refractivity contribution in [1.29, 1.82) is 0 Å². The van der Waals surface area contributed by atoms with E-state index in [-0.39, 0.29) is 4.88 Å². The van der Waals surface area contributed by atoms with Gasteiger partial charge in [0.2, 0.25) is 0 Å². The van der Waals surface area contributed by atoms with Crippen LogP contribution in [0.1, 0.15) is 15.4 Å². The first-order chi connectivity index (χ1) is 9.72. The molecular weight excluding hydrogens is 274 g/mol. The summed E-state index contributed by atoms with van der Waals surface area (Å²) in [7, 11) is 0. The molecule has 1 aromatic carbocycles. The summed E-state index contributed by atoms with van der Waals surface area (Å²) in [6.45, 7) is 0.320. The van der Waals surface area contributed by atoms with Crippen molar-refractivity contribution in [3.05, 3.63) is 58.4 Å². The summed E-state index contributed by atoms with van der Waals surface area (Å²) in [4.78, 5) is 15.5. The van der Waals surface area contributed by atoms with Crippen molar-refractivity contribution < 1.29 is 14.6 Å². The van der Waals surface area contributed by atoms with Crippen LogP contribution in [0.5, 0.6) is 5.75 Å². The predicted molar refractivity (Wildman–Crippen MR) is 77.4 cm³/mol. The van der Waals surface area contributed by atoms with Gasteiger partial charge in [0.05, 0.1) is 11.2 Å². The number of thiophene rings is 1. The zero-order valence-corrected chi connectivity index (χ0v) is 11.3. The molecule has 2 heterocycles. The first-order valence-corrected chi connectivity index (χ1v) is 6.89. The van der Waals surface area contributed by atoms with E-state index < -0.39 is 5.97 Å². The fourth-order valence-corrected chi connectivity index (χ4v) is 2.52. The second-order valence-corrected chi connectivity index (χ2v) is 5.15. The number of rotatable bonds is 4. The van der Waals surface area contributed by atoms with Crippen molar-refractivity contribution in [3.63, 3.8) is 0 Å². The molecule has 0 saturated carbocycles. The zero-order chi connectivity index (χ0) is 13.9. The van der Waals surface area contributed by atoms with Crippen LogP contribution in [-0.4, -0.2) is 16.1 Å². The Morgan fingerprint density at radius 1 is 1.25 bits per heavy atom. The van der Waals surface area contributed by atoms with Gasteiger partial charge >= 0.3 is 5.97 Å². The molecular formula is C15H11NO3S. The predicted octanol–water partition coefficient (Wildman–Crippen LogP) is 3.57. The van der Waals surface area contributed by atoms with Crippen molar-refractivity contribution in [3.8, 4) is 5.75 Å². The molecule has 3 aromatic rings. The summed E-state index contributed by atoms with van der Waals surface area (Å²) >= 11 is 1.15. The Balaban J connectivity index is 1.74. The molecule has 0 fully saturated rings. The molecule has 0 spiro atoms. The Kier molecular flexibility index (Phi) is 3.35. The molecule has 1 N–H and O–H groups in total. The Hall–Kier alpha value is -2.40. The van der Waals surface area contributed by atoms with E-state index >= 15 is 0 Å². The van der Waals surface area contributed by atoms with Gasteiger partial charge in [-0.2, -0.15) is 0 Å². The standard InChI is InChI=1S/C15H11NO3S/c17-15(18)14-7-12(9-20-14)19-8-11-6-5-10-3-1-2-4-13(10)16-11/h1-7,9H,8H2,(H,17,18). The van der Waals surface area contributed by atoms with Gasteiger partial charge in [-0.05, 0) is 12.1 Å². The minimum Gasteiger partial charge on any atom is -0.486 e. The van der Waals surface area contributed by atoms with Crippen molar-refractivity contribution in [2.24, 2.45) is 0 Å². The van der Waals surface area contributed by atoms with Gasteiger partial charge in [-0.25, -0.2) is 9.78 Å². The first-order valence-electron chi connectivity index (χ1n) is 6.02. The molecule has 3 rings (SSSR count). The van der Waals surface area contributed by atoms with E-state index in [1.807, 2.05) is 36.4 Å². The molecule has 20 heavy (non-hydrogen) atoms. The van der Waals surface area contributed by atoms with Gasteiger partial charge in [0.15, 0.2) is 0 Å². The average Bonchev–Trinajstić information content (AvgIpc) is 2.94. The van der Waals surface area contributed by atoms with E-state index in [0.29, 0.717) is 12.4 Å². The molecule has 0 aliphatic carbocycles. The minimum atomic E-state index is -0.936. The quantitative estimate of drug-likeness (QED) is 0.796. The van der Waals surface area contributed by atoms with Crippen LogP contribution in [0.4, 0.5) is 0 Å². The maximum absolute atomic E-state index is 10.8. The molecule has 100 valence electrons. The Labute approximate surface area is 119 Å². The van der Waals surface area contributed by atoms with Gasteiger partial charge in [0.1, 0.15) is 17.2 Å². The molecule has 0 aliphatic rings. The zero-order valence-electron chi connectivity index (χ0n) is 10.4. The largest absolute Gasteiger partial charge is 0.486 e. The lowest BCUT2D eigenvalue weighted by atomic mass is 10.2. The van der Waals surface area contributed by atoms with Crippen LogP contribution < -0.4 is 4.74 Å². The van der Waals surface area contributed by atoms with Gasteiger partial charge in [0, 0.05) is 16.8 Å². The molecule has 0 amide bonds. The number of carboxylic acid groups (broad SMARTS) is 1. The second kappa shape index (κ2) is 5.30. The lowest BCUT2D eigenvalue weighted by Gasteiger charge is -2.04. The number of hydrogen-bond donors (Lipinski definition) is 1. The summed E-state index contributed by atoms with van der Waals surface area (Å²) < 4.78 is 5.56. The third-order valence-electron chi connectivity index (χ3n) is 2.83. The van der Waals surface area contributed by atoms with E-state index in [2.05, 4.69) is 4.98 Å². The monoisotopic (exact) mass is 285 g/mol. The highest BCUT2D eigenvalue weighted by molar-refractivity contribution is 7.12. The maximum Gasteiger partial charge on any atom is 0.346 e. The number of benzene rings is 1. The van der Waals surface area contributed by atoms with Crippen molar-refractivity contribution in [2.45, 2.75) is 6.61 Å². The average molecular weight is 285 g/mol. The third kappa shape index (κ3) is 2.62. The molecule has 5 heteroatoms. The lowest BCUT2D eigenvalue weighted by Crippen LogP contribution is -1.98. The molecule has 0 unspecified atom stereocenters. The lowest BCUT2D eigenvalue weighted by molar-refractivity contribution is 0.0702. The Morgan fingerprint density at radius 3 is 2.90 bits per heavy atom. The van der Waals surface area contributed by atoms with Crippen molar-refractivity contribution in [1.82, 2.24) is 4.98 Å². The van der Waals surface area contributed by atoms with Crippen molar-refractivity contribution in [2.75, 3.05) is 0 Å². The molecule has 2 aromatic heterocycles. The topological polar surface area (TPSA) is 59.4 Å². The fourth-order valence-electron chi connectivity index (χ4n) is 1.85. The number of aromatic nitrogens is 1. The number of carbonyl (C=O) groups is 1. The first kappa shape index (κ1) is 12.6. The summed E-state index contributed by atoms with van der Waals surface area (Å²) in [5, 5.41) is 11.6. The number of hydrogen-bond acceptors (Lipinski definition) is 4. The van der Waals surface area contributed by atoms with Gasteiger partial charge in [0.25, 0.3) is 0 Å². The second-order valence-electron chi connectivity index (χ2n) is 4.24. The Morgan fingerprint density at radius 2 is 2.10 bits per heavy atom. The van der Waals surface area contributed by atoms with Crippen LogP contribution in [0.3, 0.4) is 0 Å². The van der Waals surface area contributed by atoms with E-state index in [1.54, 1.807) is 5.38 Å². The SMILES string of the molecule is O=C(O)c1cc(OCc2ccc3ccccc3n2)cs1. The fraction of sp³-hybridized carbons (Fsp3) is 0.0667. The molecule has 0 aliphatic heterocycles. The van der Waals surface area contributed by atoms with E-state index in [1.165, 1.54) is 6.07 Å². The van der Waals surface area contributed by atoms with Crippen molar-refractivity contribution >= 4 is 28.2 Å². The number of ether oxygens (including phenoxy) is 1. The number of nitrogens with zero attached hydrogens (tertiary/aromatic N) is 1. The highest BCUT2D eigenvalue weighted by Crippen LogP contribution is 2.22. The number of aromatic carboxylic acids is 1. The number of para-hydroxylation sites is 1. The van der Waals surface area contributed by atoms with Crippen LogP contribution in [0, 0.1) is 0 Å². The third-order valence-corrected chi connectivity index (χ3v) is 3.73. The van der Waals surface area contributed by atoms with Gasteiger partial charge in [-0.3, -0.25) is 0 Å². The molecule has 0 radical (unpaired) electrons. The Bertz CT molecular complexity index is 766. The van der Waals surface area contributed by atoms with Crippen LogP contribution in [0.2, 0.25) is 0 Å². The summed E-state index contributed by atoms with van der Waals surface area (Å²) in [5.74, 6) is -0.379. The summed E-state index contributed by atoms with van der Waals surface area (Å²) in [5.41, 5.74) is 1.73. The highest BCUT2D eigenvalue weighted by Gasteiger charge is 2.08. The van der Waals surface area contributed by atoms with Crippen LogP contribution in [0.25, 0.3) is 10.9 Å². The number of pyridine rings is 1. The van der Waals surface area contributed by atoms with E-state index in [0.717, 1.165) is 27.9 Å². The maximum atomic E-state index is 10.8. The smallest absolute Gasteiger partial charge is 0.346 e. The normalized spacial score (nSPS) is 10.6.